The van der Waals surface area contributed by atoms with Gasteiger partial charge in [0.25, 0.3) is 0 Å². The minimum atomic E-state index is -0.582. The summed E-state index contributed by atoms with van der Waals surface area (Å²) in [5, 5.41) is 14.7. The first-order valence-electron chi connectivity index (χ1n) is 6.89. The van der Waals surface area contributed by atoms with Crippen LogP contribution in [-0.4, -0.2) is 24.4 Å². The van der Waals surface area contributed by atoms with Crippen LogP contribution in [-0.2, 0) is 13.1 Å². The molecule has 0 aliphatic rings. The molecule has 0 saturated heterocycles. The third kappa shape index (κ3) is 2.32. The van der Waals surface area contributed by atoms with Crippen LogP contribution in [0, 0.1) is 0 Å². The van der Waals surface area contributed by atoms with Gasteiger partial charge in [-0.05, 0) is 24.6 Å². The SMILES string of the molecule is CCCn1nccc1C(O)Cn1cnc2ccccc21. The lowest BCUT2D eigenvalue weighted by atomic mass is 10.2. The number of hydrogen-bond donors (Lipinski definition) is 1. The third-order valence-corrected chi connectivity index (χ3v) is 3.42. The Labute approximate surface area is 117 Å². The molecule has 3 rings (SSSR count). The number of rotatable bonds is 5. The van der Waals surface area contributed by atoms with E-state index >= 15 is 0 Å². The van der Waals surface area contributed by atoms with Gasteiger partial charge in [-0.3, -0.25) is 4.68 Å². The zero-order valence-corrected chi connectivity index (χ0v) is 11.5. The topological polar surface area (TPSA) is 55.9 Å². The van der Waals surface area contributed by atoms with E-state index < -0.39 is 6.10 Å². The van der Waals surface area contributed by atoms with E-state index in [1.807, 2.05) is 39.6 Å². The number of benzene rings is 1. The smallest absolute Gasteiger partial charge is 0.113 e. The van der Waals surface area contributed by atoms with Crippen molar-refractivity contribution in [3.05, 3.63) is 48.5 Å². The highest BCUT2D eigenvalue weighted by molar-refractivity contribution is 5.74. The molecule has 1 aromatic carbocycles. The average molecular weight is 270 g/mol. The Morgan fingerprint density at radius 2 is 2.10 bits per heavy atom. The molecule has 0 spiro atoms. The Hall–Kier alpha value is -2.14. The molecule has 0 amide bonds. The van der Waals surface area contributed by atoms with Crippen LogP contribution in [0.5, 0.6) is 0 Å². The number of nitrogens with zero attached hydrogens (tertiary/aromatic N) is 4. The van der Waals surface area contributed by atoms with Gasteiger partial charge in [-0.1, -0.05) is 19.1 Å². The summed E-state index contributed by atoms with van der Waals surface area (Å²) in [5.41, 5.74) is 2.83. The number of hydrogen-bond acceptors (Lipinski definition) is 3. The van der Waals surface area contributed by atoms with Gasteiger partial charge in [0.2, 0.25) is 0 Å². The normalized spacial score (nSPS) is 12.9. The number of fused-ring (bicyclic) bond motifs is 1. The van der Waals surface area contributed by atoms with Crippen molar-refractivity contribution in [2.45, 2.75) is 32.5 Å². The Kier molecular flexibility index (Phi) is 3.52. The molecule has 1 unspecified atom stereocenters. The second-order valence-electron chi connectivity index (χ2n) is 4.88. The van der Waals surface area contributed by atoms with Gasteiger partial charge in [-0.25, -0.2) is 4.98 Å². The van der Waals surface area contributed by atoms with Crippen LogP contribution in [0.4, 0.5) is 0 Å². The van der Waals surface area contributed by atoms with Crippen molar-refractivity contribution in [3.63, 3.8) is 0 Å². The lowest BCUT2D eigenvalue weighted by Crippen LogP contribution is -2.14. The average Bonchev–Trinajstić information content (AvgIpc) is 3.07. The number of aliphatic hydroxyl groups is 1. The Balaban J connectivity index is 1.85. The van der Waals surface area contributed by atoms with Crippen molar-refractivity contribution in [2.24, 2.45) is 0 Å². The van der Waals surface area contributed by atoms with Gasteiger partial charge >= 0.3 is 0 Å². The fourth-order valence-corrected chi connectivity index (χ4v) is 2.46. The summed E-state index contributed by atoms with van der Waals surface area (Å²) < 4.78 is 3.84. The van der Waals surface area contributed by atoms with Crippen molar-refractivity contribution in [1.82, 2.24) is 19.3 Å². The summed E-state index contributed by atoms with van der Waals surface area (Å²) in [4.78, 5) is 4.34. The molecule has 2 heterocycles. The minimum absolute atomic E-state index is 0.482. The molecule has 20 heavy (non-hydrogen) atoms. The molecule has 0 radical (unpaired) electrons. The van der Waals surface area contributed by atoms with Gasteiger partial charge in [0.05, 0.1) is 29.6 Å². The van der Waals surface area contributed by atoms with Gasteiger partial charge in [0.1, 0.15) is 6.10 Å². The molecule has 2 aromatic heterocycles. The summed E-state index contributed by atoms with van der Waals surface area (Å²) in [7, 11) is 0. The van der Waals surface area contributed by atoms with Crippen LogP contribution in [0.3, 0.4) is 0 Å². The van der Waals surface area contributed by atoms with Crippen molar-refractivity contribution in [2.75, 3.05) is 0 Å². The molecular weight excluding hydrogens is 252 g/mol. The zero-order chi connectivity index (χ0) is 13.9. The van der Waals surface area contributed by atoms with Gasteiger partial charge in [0.15, 0.2) is 0 Å². The molecule has 0 saturated carbocycles. The lowest BCUT2D eigenvalue weighted by molar-refractivity contribution is 0.147. The molecule has 104 valence electrons. The van der Waals surface area contributed by atoms with Crippen molar-refractivity contribution in [1.29, 1.82) is 0 Å². The molecule has 0 bridgehead atoms. The summed E-state index contributed by atoms with van der Waals surface area (Å²) in [6.07, 6.45) is 3.92. The predicted molar refractivity (Wildman–Crippen MR) is 77.2 cm³/mol. The summed E-state index contributed by atoms with van der Waals surface area (Å²) in [6, 6.07) is 9.80. The molecule has 0 aliphatic heterocycles. The Morgan fingerprint density at radius 3 is 2.95 bits per heavy atom. The van der Waals surface area contributed by atoms with Crippen molar-refractivity contribution < 1.29 is 5.11 Å². The fraction of sp³-hybridized carbons (Fsp3) is 0.333. The number of aryl methyl sites for hydroxylation is 1. The molecule has 3 aromatic rings. The van der Waals surface area contributed by atoms with Gasteiger partial charge in [-0.2, -0.15) is 5.10 Å². The molecule has 1 N–H and O–H groups in total. The van der Waals surface area contributed by atoms with Crippen LogP contribution in [0.2, 0.25) is 0 Å². The molecule has 1 atom stereocenters. The van der Waals surface area contributed by atoms with E-state index in [1.54, 1.807) is 12.5 Å². The van der Waals surface area contributed by atoms with E-state index in [2.05, 4.69) is 17.0 Å². The largest absolute Gasteiger partial charge is 0.385 e. The van der Waals surface area contributed by atoms with E-state index in [-0.39, 0.29) is 0 Å². The quantitative estimate of drug-likeness (QED) is 0.774. The maximum absolute atomic E-state index is 10.4. The zero-order valence-electron chi connectivity index (χ0n) is 11.5. The standard InChI is InChI=1S/C15H18N4O/c1-2-9-19-14(7-8-17-19)15(20)10-18-11-16-12-5-3-4-6-13(12)18/h3-8,11,15,20H,2,9-10H2,1H3. The van der Waals surface area contributed by atoms with Gasteiger partial charge in [0, 0.05) is 12.7 Å². The minimum Gasteiger partial charge on any atom is -0.385 e. The molecule has 5 nitrogen and oxygen atoms in total. The Morgan fingerprint density at radius 1 is 1.25 bits per heavy atom. The second kappa shape index (κ2) is 5.46. The van der Waals surface area contributed by atoms with E-state index in [4.69, 9.17) is 0 Å². The first kappa shape index (κ1) is 12.9. The maximum atomic E-state index is 10.4. The molecular formula is C15H18N4O. The monoisotopic (exact) mass is 270 g/mol. The van der Waals surface area contributed by atoms with Gasteiger partial charge < -0.3 is 9.67 Å². The molecule has 5 heteroatoms. The van der Waals surface area contributed by atoms with Gasteiger partial charge in [-0.15, -0.1) is 0 Å². The first-order chi connectivity index (χ1) is 9.79. The number of aliphatic hydroxyl groups excluding tert-OH is 1. The maximum Gasteiger partial charge on any atom is 0.113 e. The summed E-state index contributed by atoms with van der Waals surface area (Å²) in [5.74, 6) is 0. The summed E-state index contributed by atoms with van der Waals surface area (Å²) >= 11 is 0. The fourth-order valence-electron chi connectivity index (χ4n) is 2.46. The van der Waals surface area contributed by atoms with Crippen molar-refractivity contribution >= 4 is 11.0 Å². The van der Waals surface area contributed by atoms with E-state index in [1.165, 1.54) is 0 Å². The molecule has 0 aliphatic carbocycles. The second-order valence-corrected chi connectivity index (χ2v) is 4.88. The van der Waals surface area contributed by atoms with E-state index in [0.717, 1.165) is 29.7 Å². The Bertz CT molecular complexity index is 701. The lowest BCUT2D eigenvalue weighted by Gasteiger charge is -2.14. The highest BCUT2D eigenvalue weighted by atomic mass is 16.3. The first-order valence-corrected chi connectivity index (χ1v) is 6.89. The highest BCUT2D eigenvalue weighted by Gasteiger charge is 2.14. The third-order valence-electron chi connectivity index (χ3n) is 3.42. The van der Waals surface area contributed by atoms with Crippen LogP contribution in [0.1, 0.15) is 25.1 Å². The van der Waals surface area contributed by atoms with Crippen LogP contribution in [0.15, 0.2) is 42.9 Å². The summed E-state index contributed by atoms with van der Waals surface area (Å²) in [6.45, 7) is 3.40. The van der Waals surface area contributed by atoms with Crippen LogP contribution >= 0.6 is 0 Å². The highest BCUT2D eigenvalue weighted by Crippen LogP contribution is 2.19. The van der Waals surface area contributed by atoms with E-state index in [0.29, 0.717) is 6.54 Å². The number of aromatic nitrogens is 4. The van der Waals surface area contributed by atoms with Crippen molar-refractivity contribution in [3.8, 4) is 0 Å². The van der Waals surface area contributed by atoms with E-state index in [9.17, 15) is 5.11 Å². The van der Waals surface area contributed by atoms with Crippen LogP contribution in [0.25, 0.3) is 11.0 Å². The number of para-hydroxylation sites is 2. The van der Waals surface area contributed by atoms with Crippen LogP contribution < -0.4 is 0 Å². The molecule has 0 fully saturated rings. The number of imidazole rings is 1. The predicted octanol–water partition coefficient (Wildman–Crippen LogP) is 2.38.